The molecular weight excluding hydrogens is 787 g/mol. The molecule has 4 saturated heterocycles. The lowest BCUT2D eigenvalue weighted by Crippen LogP contribution is -2.60. The normalized spacial score (nSPS) is 39.4. The molecule has 5 aliphatic heterocycles. The molecular formula is C44H65N7O10. The maximum atomic E-state index is 14.6. The van der Waals surface area contributed by atoms with Gasteiger partial charge in [0.05, 0.1) is 61.3 Å². The summed E-state index contributed by atoms with van der Waals surface area (Å²) in [5.74, 6) is -2.27. The SMILES string of the molecule is CC[C@@H]1OC(=O)[C@H](C)[C@H]2OCC(=NOCc3ccc(-n4cncn4)cc3)CO[C@](C)(C[C@@H](C)C3=NCCN4C(=O)O[C@@]1(C)[C@H]4[C@H]3C)[C@@H](O[C@H]1O[C@@H](C)C[C@@H](N(C)C)[C@@H]1O)[C@@H]2C. The third-order valence-corrected chi connectivity index (χ3v) is 13.6. The second kappa shape index (κ2) is 18.4. The van der Waals surface area contributed by atoms with E-state index in [1.54, 1.807) is 22.8 Å². The number of hydrogen-bond donors (Lipinski definition) is 1. The van der Waals surface area contributed by atoms with Crippen molar-refractivity contribution in [3.8, 4) is 5.69 Å². The first-order chi connectivity index (χ1) is 29.0. The van der Waals surface area contributed by atoms with Gasteiger partial charge in [-0.2, -0.15) is 5.10 Å². The molecule has 7 rings (SSSR count). The molecule has 1 aromatic heterocycles. The molecule has 14 atom stereocenters. The highest BCUT2D eigenvalue weighted by molar-refractivity contribution is 5.91. The van der Waals surface area contributed by atoms with Gasteiger partial charge in [0, 0.05) is 30.1 Å². The summed E-state index contributed by atoms with van der Waals surface area (Å²) in [5, 5.41) is 20.5. The van der Waals surface area contributed by atoms with Crippen molar-refractivity contribution in [1.29, 1.82) is 0 Å². The maximum Gasteiger partial charge on any atom is 0.410 e. The summed E-state index contributed by atoms with van der Waals surface area (Å²) in [6.07, 6.45) is -0.361. The van der Waals surface area contributed by atoms with Crippen LogP contribution in [0.1, 0.15) is 80.2 Å². The summed E-state index contributed by atoms with van der Waals surface area (Å²) in [4.78, 5) is 47.0. The average Bonchev–Trinajstić information content (AvgIpc) is 3.81. The van der Waals surface area contributed by atoms with Crippen molar-refractivity contribution in [2.75, 3.05) is 40.4 Å². The molecule has 1 aromatic carbocycles. The molecule has 17 nitrogen and oxygen atoms in total. The number of carbonyl (C=O) groups is 2. The number of fused-ring (bicyclic) bond motifs is 4. The summed E-state index contributed by atoms with van der Waals surface area (Å²) < 4.78 is 41.6. The molecule has 4 fully saturated rings. The smallest absolute Gasteiger partial charge is 0.410 e. The number of hydrogen-bond acceptors (Lipinski definition) is 15. The van der Waals surface area contributed by atoms with Crippen LogP contribution in [0, 0.1) is 23.7 Å². The first kappa shape index (κ1) is 45.0. The van der Waals surface area contributed by atoms with Crippen LogP contribution in [-0.4, -0.2) is 154 Å². The fourth-order valence-corrected chi connectivity index (χ4v) is 10.5. The van der Waals surface area contributed by atoms with Crippen LogP contribution in [0.15, 0.2) is 47.1 Å². The van der Waals surface area contributed by atoms with Gasteiger partial charge in [0.2, 0.25) is 0 Å². The van der Waals surface area contributed by atoms with Gasteiger partial charge in [-0.25, -0.2) is 14.5 Å². The number of aliphatic hydroxyl groups excluding tert-OH is 1. The summed E-state index contributed by atoms with van der Waals surface area (Å²) in [7, 11) is 3.87. The van der Waals surface area contributed by atoms with Gasteiger partial charge >= 0.3 is 12.1 Å². The fourth-order valence-electron chi connectivity index (χ4n) is 10.5. The lowest BCUT2D eigenvalue weighted by Gasteiger charge is -2.48. The Morgan fingerprint density at radius 1 is 1.05 bits per heavy atom. The van der Waals surface area contributed by atoms with Gasteiger partial charge in [0.1, 0.15) is 37.2 Å². The van der Waals surface area contributed by atoms with Crippen LogP contribution in [-0.2, 0) is 44.7 Å². The van der Waals surface area contributed by atoms with E-state index in [1.165, 1.54) is 6.33 Å². The van der Waals surface area contributed by atoms with E-state index in [-0.39, 0.29) is 43.8 Å². The Morgan fingerprint density at radius 3 is 2.49 bits per heavy atom. The largest absolute Gasteiger partial charge is 0.458 e. The van der Waals surface area contributed by atoms with Gasteiger partial charge < -0.3 is 43.3 Å². The number of likely N-dealkylation sites (N-methyl/N-ethyl adjacent to an activating group) is 1. The second-order valence-corrected chi connectivity index (χ2v) is 18.3. The van der Waals surface area contributed by atoms with Gasteiger partial charge in [0.15, 0.2) is 11.9 Å². The van der Waals surface area contributed by atoms with E-state index in [0.717, 1.165) is 17.0 Å². The molecule has 0 spiro atoms. The molecule has 2 aromatic rings. The number of rotatable bonds is 8. The van der Waals surface area contributed by atoms with E-state index >= 15 is 0 Å². The zero-order valence-electron chi connectivity index (χ0n) is 37.3. The Bertz CT molecular complexity index is 1900. The monoisotopic (exact) mass is 851 g/mol. The van der Waals surface area contributed by atoms with Crippen LogP contribution in [0.4, 0.5) is 4.79 Å². The Labute approximate surface area is 359 Å². The fraction of sp³-hybridized carbons (Fsp3) is 0.727. The summed E-state index contributed by atoms with van der Waals surface area (Å²) in [6.45, 7) is 16.7. The lowest BCUT2D eigenvalue weighted by molar-refractivity contribution is -0.302. The molecule has 5 aliphatic rings. The van der Waals surface area contributed by atoms with Crippen molar-refractivity contribution < 1.29 is 48.0 Å². The zero-order chi connectivity index (χ0) is 43.8. The highest BCUT2D eigenvalue weighted by Crippen LogP contribution is 2.45. The molecule has 336 valence electrons. The van der Waals surface area contributed by atoms with Gasteiger partial charge in [-0.3, -0.25) is 14.7 Å². The number of benzene rings is 1. The predicted octanol–water partition coefficient (Wildman–Crippen LogP) is 4.43. The molecule has 17 heteroatoms. The van der Waals surface area contributed by atoms with Gasteiger partial charge in [-0.1, -0.05) is 45.0 Å². The number of carbonyl (C=O) groups excluding carboxylic acids is 2. The van der Waals surface area contributed by atoms with Crippen LogP contribution in [0.5, 0.6) is 0 Å². The third-order valence-electron chi connectivity index (χ3n) is 13.6. The van der Waals surface area contributed by atoms with Crippen LogP contribution >= 0.6 is 0 Å². The van der Waals surface area contributed by atoms with Crippen molar-refractivity contribution in [3.05, 3.63) is 42.5 Å². The summed E-state index contributed by atoms with van der Waals surface area (Å²) in [5.41, 5.74) is 0.906. The number of ether oxygens (including phenoxy) is 6. The number of esters is 1. The first-order valence-electron chi connectivity index (χ1n) is 21.8. The minimum Gasteiger partial charge on any atom is -0.458 e. The first-order valence-corrected chi connectivity index (χ1v) is 21.8. The van der Waals surface area contributed by atoms with E-state index in [0.29, 0.717) is 38.1 Å². The van der Waals surface area contributed by atoms with Crippen molar-refractivity contribution in [2.24, 2.45) is 33.8 Å². The third kappa shape index (κ3) is 9.09. The Kier molecular flexibility index (Phi) is 13.6. The molecule has 1 N–H and O–H groups in total. The summed E-state index contributed by atoms with van der Waals surface area (Å²) >= 11 is 0. The topological polar surface area (TPSA) is 181 Å². The van der Waals surface area contributed by atoms with Gasteiger partial charge in [0.25, 0.3) is 0 Å². The minimum atomic E-state index is -1.14. The Morgan fingerprint density at radius 2 is 1.80 bits per heavy atom. The number of aliphatic imine (C=N–C) groups is 1. The van der Waals surface area contributed by atoms with Crippen LogP contribution in [0.2, 0.25) is 0 Å². The van der Waals surface area contributed by atoms with Crippen LogP contribution in [0.25, 0.3) is 5.69 Å². The average molecular weight is 852 g/mol. The van der Waals surface area contributed by atoms with Crippen molar-refractivity contribution >= 4 is 23.5 Å². The molecule has 0 aliphatic carbocycles. The van der Waals surface area contributed by atoms with Crippen LogP contribution in [0.3, 0.4) is 0 Å². The number of aromatic nitrogens is 3. The lowest BCUT2D eigenvalue weighted by atomic mass is 9.72. The highest BCUT2D eigenvalue weighted by atomic mass is 16.7. The van der Waals surface area contributed by atoms with E-state index < -0.39 is 71.8 Å². The highest BCUT2D eigenvalue weighted by Gasteiger charge is 2.60. The molecule has 61 heavy (non-hydrogen) atoms. The van der Waals surface area contributed by atoms with E-state index in [1.807, 2.05) is 77.9 Å². The zero-order valence-corrected chi connectivity index (χ0v) is 37.3. The number of oxime groups is 1. The Balaban J connectivity index is 1.27. The van der Waals surface area contributed by atoms with Gasteiger partial charge in [-0.15, -0.1) is 0 Å². The van der Waals surface area contributed by atoms with E-state index in [9.17, 15) is 14.7 Å². The Hall–Kier alpha value is -4.00. The molecule has 4 bridgehead atoms. The van der Waals surface area contributed by atoms with Crippen molar-refractivity contribution in [3.63, 3.8) is 0 Å². The van der Waals surface area contributed by atoms with Crippen molar-refractivity contribution in [2.45, 2.75) is 141 Å². The maximum absolute atomic E-state index is 14.6. The van der Waals surface area contributed by atoms with Crippen LogP contribution < -0.4 is 0 Å². The second-order valence-electron chi connectivity index (χ2n) is 18.3. The number of aliphatic hydroxyl groups is 1. The summed E-state index contributed by atoms with van der Waals surface area (Å²) in [6, 6.07) is 7.06. The number of cyclic esters (lactones) is 1. The molecule has 1 amide bonds. The minimum absolute atomic E-state index is 0.00812. The number of nitrogens with zero attached hydrogens (tertiary/aromatic N) is 7. The molecule has 0 unspecified atom stereocenters. The quantitative estimate of drug-likeness (QED) is 0.292. The molecule has 0 saturated carbocycles. The molecule has 6 heterocycles. The van der Waals surface area contributed by atoms with E-state index in [4.69, 9.17) is 38.3 Å². The number of amides is 1. The molecule has 0 radical (unpaired) electrons. The van der Waals surface area contributed by atoms with Gasteiger partial charge in [-0.05, 0) is 84.7 Å². The standard InChI is InChI=1S/C44H65N7O10/c1-11-34-44(8)38-27(4)35(46-16-17-50(38)42(54)61-44)25(2)19-43(7)39(60-41-36(52)33(49(9)10)18-26(3)58-41)28(5)37(29(6)40(53)59-34)55-21-31(22-56-43)48-57-20-30-12-14-32(15-13-30)51-24-45-23-47-51/h12-15,23-29,33-34,36-39,41,52H,11,16-22H2,1-10H3/t25-,26+,27+,28-,29-,33-,34+,36+,37+,38-,39+,41-,43-,44-/m1/s1. The predicted molar refractivity (Wildman–Crippen MR) is 224 cm³/mol. The van der Waals surface area contributed by atoms with E-state index in [2.05, 4.69) is 29.1 Å². The van der Waals surface area contributed by atoms with Crippen molar-refractivity contribution in [1.82, 2.24) is 24.6 Å².